The Morgan fingerprint density at radius 3 is 2.38 bits per heavy atom. The monoisotopic (exact) mass is 448 g/mol. The van der Waals surface area contributed by atoms with Crippen LogP contribution in [0.3, 0.4) is 0 Å². The number of aromatic hydroxyl groups is 1. The Bertz CT molecular complexity index is 383. The summed E-state index contributed by atoms with van der Waals surface area (Å²) in [5, 5.41) is 19.0. The van der Waals surface area contributed by atoms with Gasteiger partial charge >= 0.3 is 5.97 Å². The van der Waals surface area contributed by atoms with Crippen molar-refractivity contribution in [3.63, 3.8) is 0 Å². The van der Waals surface area contributed by atoms with Gasteiger partial charge in [-0.1, -0.05) is 0 Å². The molecule has 0 radical (unpaired) electrons. The lowest BCUT2D eigenvalue weighted by Crippen LogP contribution is -2.24. The van der Waals surface area contributed by atoms with Crippen LogP contribution in [0.15, 0.2) is 12.1 Å². The molecule has 0 amide bonds. The Labute approximate surface area is 120 Å². The molecule has 0 bridgehead atoms. The Balaban J connectivity index is 2.86. The van der Waals surface area contributed by atoms with E-state index in [0.29, 0.717) is 7.14 Å². The molecule has 0 aliphatic heterocycles. The van der Waals surface area contributed by atoms with Gasteiger partial charge in [0.25, 0.3) is 0 Å². The van der Waals surface area contributed by atoms with E-state index in [1.54, 1.807) is 12.1 Å². The number of hydrogen-bond donors (Lipinski definition) is 2. The second-order valence-electron chi connectivity index (χ2n) is 3.15. The van der Waals surface area contributed by atoms with E-state index in [1.165, 1.54) is 7.11 Å². The summed E-state index contributed by atoms with van der Waals surface area (Å²) >= 11 is 3.99. The lowest BCUT2D eigenvalue weighted by molar-refractivity contribution is -0.150. The van der Waals surface area contributed by atoms with Gasteiger partial charge in [-0.25, -0.2) is 4.79 Å². The highest BCUT2D eigenvalue weighted by Gasteiger charge is 2.17. The van der Waals surface area contributed by atoms with Crippen molar-refractivity contribution in [1.29, 1.82) is 0 Å². The van der Waals surface area contributed by atoms with Gasteiger partial charge in [-0.15, -0.1) is 0 Å². The van der Waals surface area contributed by atoms with Crippen LogP contribution in [-0.4, -0.2) is 29.4 Å². The number of rotatable bonds is 3. The van der Waals surface area contributed by atoms with Crippen LogP contribution < -0.4 is 0 Å². The van der Waals surface area contributed by atoms with Gasteiger partial charge in [0.05, 0.1) is 14.3 Å². The maximum absolute atomic E-state index is 11.0. The third-order valence-corrected chi connectivity index (χ3v) is 3.62. The summed E-state index contributed by atoms with van der Waals surface area (Å²) in [5.74, 6) is -0.435. The van der Waals surface area contributed by atoms with Crippen molar-refractivity contribution < 1.29 is 19.7 Å². The van der Waals surface area contributed by atoms with E-state index < -0.39 is 12.1 Å². The third kappa shape index (κ3) is 3.45. The fraction of sp³-hybridized carbons (Fsp3) is 0.300. The Hall–Kier alpha value is -0.0900. The predicted octanol–water partition coefficient (Wildman–Crippen LogP) is 1.68. The molecular weight excluding hydrogens is 438 g/mol. The van der Waals surface area contributed by atoms with E-state index in [4.69, 9.17) is 0 Å². The number of carbonyl (C=O) groups excluding carboxylic acids is 1. The number of ether oxygens (including phenoxy) is 1. The summed E-state index contributed by atoms with van der Waals surface area (Å²) in [6.07, 6.45) is -0.986. The number of hydrogen-bond acceptors (Lipinski definition) is 4. The number of methoxy groups -OCH3 is 1. The summed E-state index contributed by atoms with van der Waals surface area (Å²) in [6, 6.07) is 3.45. The van der Waals surface area contributed by atoms with Crippen LogP contribution in [0.5, 0.6) is 5.75 Å². The first-order chi connectivity index (χ1) is 7.45. The van der Waals surface area contributed by atoms with Crippen molar-refractivity contribution in [2.24, 2.45) is 0 Å². The maximum atomic E-state index is 11.0. The number of benzene rings is 1. The zero-order valence-electron chi connectivity index (χ0n) is 8.41. The van der Waals surface area contributed by atoms with E-state index in [0.717, 1.165) is 5.56 Å². The molecule has 1 aromatic carbocycles. The number of phenols is 1. The molecule has 4 nitrogen and oxygen atoms in total. The quantitative estimate of drug-likeness (QED) is 0.546. The summed E-state index contributed by atoms with van der Waals surface area (Å²) in [7, 11) is 1.23. The summed E-state index contributed by atoms with van der Waals surface area (Å²) in [5.41, 5.74) is 0.782. The van der Waals surface area contributed by atoms with Gasteiger partial charge in [-0.05, 0) is 62.9 Å². The minimum Gasteiger partial charge on any atom is -0.506 e. The molecular formula is C10H10I2O4. The van der Waals surface area contributed by atoms with Gasteiger partial charge in [0.2, 0.25) is 0 Å². The fourth-order valence-corrected chi connectivity index (χ4v) is 3.08. The summed E-state index contributed by atoms with van der Waals surface area (Å²) in [6.45, 7) is 0. The van der Waals surface area contributed by atoms with Crippen molar-refractivity contribution >= 4 is 51.2 Å². The van der Waals surface area contributed by atoms with E-state index in [-0.39, 0.29) is 12.2 Å². The molecule has 1 atom stereocenters. The van der Waals surface area contributed by atoms with Crippen LogP contribution in [0.2, 0.25) is 0 Å². The highest BCUT2D eigenvalue weighted by molar-refractivity contribution is 14.1. The van der Waals surface area contributed by atoms with Gasteiger partial charge < -0.3 is 14.9 Å². The Morgan fingerprint density at radius 2 is 1.94 bits per heavy atom. The van der Waals surface area contributed by atoms with Crippen molar-refractivity contribution in [3.8, 4) is 5.75 Å². The van der Waals surface area contributed by atoms with E-state index in [2.05, 4.69) is 4.74 Å². The SMILES string of the molecule is COC(=O)C(O)Cc1cc(I)c(O)c(I)c1. The zero-order valence-corrected chi connectivity index (χ0v) is 12.7. The minimum absolute atomic E-state index is 0.180. The highest BCUT2D eigenvalue weighted by Crippen LogP contribution is 2.27. The average Bonchev–Trinajstić information content (AvgIpc) is 2.24. The molecule has 0 saturated carbocycles. The minimum atomic E-state index is -1.17. The standard InChI is InChI=1S/C10H10I2O4/c1-16-10(15)8(13)4-5-2-6(11)9(14)7(12)3-5/h2-3,8,13-14H,4H2,1H3. The number of aliphatic hydroxyl groups is 1. The van der Waals surface area contributed by atoms with Crippen molar-refractivity contribution in [3.05, 3.63) is 24.8 Å². The molecule has 16 heavy (non-hydrogen) atoms. The largest absolute Gasteiger partial charge is 0.506 e. The highest BCUT2D eigenvalue weighted by atomic mass is 127. The Kier molecular flexibility index (Phi) is 5.25. The molecule has 0 saturated heterocycles. The first kappa shape index (κ1) is 14.0. The molecule has 1 rings (SSSR count). The molecule has 88 valence electrons. The summed E-state index contributed by atoms with van der Waals surface area (Å²) < 4.78 is 5.81. The Morgan fingerprint density at radius 1 is 1.44 bits per heavy atom. The van der Waals surface area contributed by atoms with Crippen LogP contribution in [-0.2, 0) is 16.0 Å². The van der Waals surface area contributed by atoms with E-state index in [9.17, 15) is 15.0 Å². The topological polar surface area (TPSA) is 66.8 Å². The zero-order chi connectivity index (χ0) is 12.3. The molecule has 6 heteroatoms. The summed E-state index contributed by atoms with van der Waals surface area (Å²) in [4.78, 5) is 11.0. The maximum Gasteiger partial charge on any atom is 0.335 e. The van der Waals surface area contributed by atoms with Crippen LogP contribution >= 0.6 is 45.2 Å². The molecule has 1 aromatic rings. The molecule has 2 N–H and O–H groups in total. The molecule has 1 unspecified atom stereocenters. The van der Waals surface area contributed by atoms with Gasteiger partial charge in [0, 0.05) is 6.42 Å². The molecule has 0 fully saturated rings. The number of aliphatic hydroxyl groups excluding tert-OH is 1. The molecule has 0 aromatic heterocycles. The van der Waals surface area contributed by atoms with Gasteiger partial charge in [0.1, 0.15) is 5.75 Å². The average molecular weight is 448 g/mol. The number of halogens is 2. The lowest BCUT2D eigenvalue weighted by atomic mass is 10.1. The first-order valence-corrected chi connectivity index (χ1v) is 6.54. The van der Waals surface area contributed by atoms with Crippen LogP contribution in [0.1, 0.15) is 5.56 Å². The first-order valence-electron chi connectivity index (χ1n) is 4.38. The van der Waals surface area contributed by atoms with Crippen molar-refractivity contribution in [1.82, 2.24) is 0 Å². The normalized spacial score (nSPS) is 12.2. The molecule has 0 aliphatic rings. The predicted molar refractivity (Wildman–Crippen MR) is 75.3 cm³/mol. The van der Waals surface area contributed by atoms with Crippen LogP contribution in [0.4, 0.5) is 0 Å². The van der Waals surface area contributed by atoms with Crippen LogP contribution in [0.25, 0.3) is 0 Å². The lowest BCUT2D eigenvalue weighted by Gasteiger charge is -2.10. The van der Waals surface area contributed by atoms with Gasteiger partial charge in [-0.3, -0.25) is 0 Å². The van der Waals surface area contributed by atoms with Crippen molar-refractivity contribution in [2.45, 2.75) is 12.5 Å². The van der Waals surface area contributed by atoms with Gasteiger partial charge in [-0.2, -0.15) is 0 Å². The van der Waals surface area contributed by atoms with Gasteiger partial charge in [0.15, 0.2) is 6.10 Å². The number of carbonyl (C=O) groups is 1. The molecule has 0 heterocycles. The van der Waals surface area contributed by atoms with Crippen molar-refractivity contribution in [2.75, 3.05) is 7.11 Å². The number of phenolic OH excluding ortho intramolecular Hbond substituents is 1. The molecule has 0 aliphatic carbocycles. The van der Waals surface area contributed by atoms with E-state index >= 15 is 0 Å². The smallest absolute Gasteiger partial charge is 0.335 e. The third-order valence-electron chi connectivity index (χ3n) is 1.98. The second kappa shape index (κ2) is 6.01. The molecule has 0 spiro atoms. The number of esters is 1. The second-order valence-corrected chi connectivity index (χ2v) is 5.48. The van der Waals surface area contributed by atoms with Crippen LogP contribution in [0, 0.1) is 7.14 Å². The van der Waals surface area contributed by atoms with E-state index in [1.807, 2.05) is 45.2 Å². The fourth-order valence-electron chi connectivity index (χ4n) is 1.18.